The number of nitrogens with zero attached hydrogens (tertiary/aromatic N) is 2. The molecule has 0 fully saturated rings. The maximum atomic E-state index is 2.43. The van der Waals surface area contributed by atoms with E-state index in [0.29, 0.717) is 0 Å². The van der Waals surface area contributed by atoms with E-state index in [1.165, 1.54) is 113 Å². The van der Waals surface area contributed by atoms with Crippen LogP contribution in [0.15, 0.2) is 231 Å². The third kappa shape index (κ3) is 6.23. The summed E-state index contributed by atoms with van der Waals surface area (Å²) in [5.74, 6) is 0. The van der Waals surface area contributed by atoms with Crippen LogP contribution in [-0.2, 0) is 0 Å². The van der Waals surface area contributed by atoms with E-state index in [1.807, 2.05) is 45.3 Å². The number of thiophene rings is 4. The summed E-state index contributed by atoms with van der Waals surface area (Å²) >= 11 is 7.57. The molecule has 4 aromatic heterocycles. The van der Waals surface area contributed by atoms with Gasteiger partial charge in [-0.2, -0.15) is 0 Å². The Morgan fingerprint density at radius 2 is 0.569 bits per heavy atom. The Labute approximate surface area is 429 Å². The van der Waals surface area contributed by atoms with Crippen molar-refractivity contribution in [2.75, 3.05) is 9.80 Å². The predicted octanol–water partition coefficient (Wildman–Crippen LogP) is 21.6. The molecule has 72 heavy (non-hydrogen) atoms. The van der Waals surface area contributed by atoms with Gasteiger partial charge in [-0.3, -0.25) is 0 Å². The minimum atomic E-state index is 1.14. The first-order valence-electron chi connectivity index (χ1n) is 24.3. The van der Waals surface area contributed by atoms with Crippen molar-refractivity contribution in [2.45, 2.75) is 0 Å². The lowest BCUT2D eigenvalue weighted by Crippen LogP contribution is -2.09. The van der Waals surface area contributed by atoms with Crippen molar-refractivity contribution < 1.29 is 0 Å². The summed E-state index contributed by atoms with van der Waals surface area (Å²) in [6.07, 6.45) is 0. The van der Waals surface area contributed by atoms with Gasteiger partial charge in [0.15, 0.2) is 0 Å². The van der Waals surface area contributed by atoms with Crippen LogP contribution in [0.25, 0.3) is 113 Å². The zero-order valence-electron chi connectivity index (χ0n) is 38.5. The molecule has 0 spiro atoms. The van der Waals surface area contributed by atoms with Crippen LogP contribution in [0.4, 0.5) is 34.1 Å². The van der Waals surface area contributed by atoms with E-state index in [4.69, 9.17) is 0 Å². The number of benzene rings is 12. The van der Waals surface area contributed by atoms with Crippen molar-refractivity contribution in [1.82, 2.24) is 0 Å². The van der Waals surface area contributed by atoms with E-state index in [2.05, 4.69) is 240 Å². The molecular weight excluding hydrogens is 949 g/mol. The summed E-state index contributed by atoms with van der Waals surface area (Å²) < 4.78 is 10.5. The normalized spacial score (nSPS) is 12.2. The molecule has 0 aliphatic heterocycles. The van der Waals surface area contributed by atoms with Crippen LogP contribution in [0.5, 0.6) is 0 Å². The summed E-state index contributed by atoms with van der Waals surface area (Å²) in [6, 6.07) is 86.0. The van der Waals surface area contributed by atoms with Crippen molar-refractivity contribution >= 4 is 192 Å². The second-order valence-electron chi connectivity index (χ2n) is 18.8. The molecule has 0 saturated carbocycles. The highest BCUT2D eigenvalue weighted by Gasteiger charge is 2.20. The topological polar surface area (TPSA) is 6.48 Å². The molecule has 12 aromatic carbocycles. The van der Waals surface area contributed by atoms with Gasteiger partial charge in [0.1, 0.15) is 0 Å². The molecule has 0 bridgehead atoms. The molecule has 0 radical (unpaired) electrons. The van der Waals surface area contributed by atoms with Gasteiger partial charge in [-0.05, 0) is 142 Å². The fourth-order valence-corrected chi connectivity index (χ4v) is 16.1. The second-order valence-corrected chi connectivity index (χ2v) is 23.1. The smallest absolute Gasteiger partial charge is 0.0476 e. The summed E-state index contributed by atoms with van der Waals surface area (Å²) in [5.41, 5.74) is 6.90. The fourth-order valence-electron chi connectivity index (χ4n) is 11.4. The van der Waals surface area contributed by atoms with E-state index in [0.717, 1.165) is 34.1 Å². The zero-order valence-corrected chi connectivity index (χ0v) is 41.7. The fraction of sp³-hybridized carbons (Fsp3) is 0. The monoisotopic (exact) mass is 986 g/mol. The molecular formula is C66H38N2S4. The third-order valence-electron chi connectivity index (χ3n) is 14.7. The molecule has 0 atom stereocenters. The Kier molecular flexibility index (Phi) is 8.86. The van der Waals surface area contributed by atoms with E-state index in [9.17, 15) is 0 Å². The SMILES string of the molecule is c1ccc(N(c2ccc3c(c2)sc2cc4cc5sc6cc(N(c7ccccc7)c7ccc8sc9c%10ccccc%10ccc9c8c7)ccc6c5cc4cc23)c2ccc3sc4c5ccccc5ccc4c3c2)cc1. The van der Waals surface area contributed by atoms with Crippen molar-refractivity contribution in [3.8, 4) is 0 Å². The Hall–Kier alpha value is -8.10. The van der Waals surface area contributed by atoms with Crippen LogP contribution in [-0.4, -0.2) is 0 Å². The predicted molar refractivity (Wildman–Crippen MR) is 320 cm³/mol. The lowest BCUT2D eigenvalue weighted by atomic mass is 10.0. The van der Waals surface area contributed by atoms with Crippen molar-refractivity contribution in [3.05, 3.63) is 231 Å². The minimum Gasteiger partial charge on any atom is -0.310 e. The number of rotatable bonds is 6. The molecule has 0 aliphatic carbocycles. The van der Waals surface area contributed by atoms with E-state index in [1.54, 1.807) is 0 Å². The molecule has 0 aliphatic rings. The van der Waals surface area contributed by atoms with E-state index >= 15 is 0 Å². The van der Waals surface area contributed by atoms with Crippen LogP contribution >= 0.6 is 45.3 Å². The molecule has 4 heterocycles. The Bertz CT molecular complexity index is 4580. The van der Waals surface area contributed by atoms with Gasteiger partial charge in [0.05, 0.1) is 0 Å². The molecule has 2 nitrogen and oxygen atoms in total. The highest BCUT2D eigenvalue weighted by atomic mass is 32.1. The molecule has 336 valence electrons. The van der Waals surface area contributed by atoms with Gasteiger partial charge >= 0.3 is 0 Å². The Morgan fingerprint density at radius 1 is 0.194 bits per heavy atom. The Balaban J connectivity index is 0.785. The average molecular weight is 987 g/mol. The summed E-state index contributed by atoms with van der Waals surface area (Å²) in [6.45, 7) is 0. The number of fused-ring (bicyclic) bond motifs is 17. The summed E-state index contributed by atoms with van der Waals surface area (Å²) in [5, 5.41) is 18.2. The Morgan fingerprint density at radius 3 is 1.06 bits per heavy atom. The van der Waals surface area contributed by atoms with Gasteiger partial charge in [0.25, 0.3) is 0 Å². The highest BCUT2D eigenvalue weighted by molar-refractivity contribution is 7.27. The van der Waals surface area contributed by atoms with E-state index in [-0.39, 0.29) is 0 Å². The molecule has 16 rings (SSSR count). The van der Waals surface area contributed by atoms with Crippen LogP contribution in [0.3, 0.4) is 0 Å². The maximum absolute atomic E-state index is 2.43. The van der Waals surface area contributed by atoms with Crippen LogP contribution in [0.1, 0.15) is 0 Å². The van der Waals surface area contributed by atoms with Gasteiger partial charge < -0.3 is 9.80 Å². The number of anilines is 6. The molecule has 0 amide bonds. The van der Waals surface area contributed by atoms with Crippen LogP contribution in [0, 0.1) is 0 Å². The lowest BCUT2D eigenvalue weighted by molar-refractivity contribution is 1.30. The average Bonchev–Trinajstić information content (AvgIpc) is 4.20. The molecule has 0 unspecified atom stereocenters. The first-order chi connectivity index (χ1) is 35.6. The van der Waals surface area contributed by atoms with Gasteiger partial charge in [-0.1, -0.05) is 121 Å². The largest absolute Gasteiger partial charge is 0.310 e. The first-order valence-corrected chi connectivity index (χ1v) is 27.5. The van der Waals surface area contributed by atoms with Crippen LogP contribution in [0.2, 0.25) is 0 Å². The lowest BCUT2D eigenvalue weighted by Gasteiger charge is -2.25. The van der Waals surface area contributed by atoms with Crippen molar-refractivity contribution in [1.29, 1.82) is 0 Å². The molecule has 0 saturated heterocycles. The molecule has 6 heteroatoms. The van der Waals surface area contributed by atoms with Gasteiger partial charge in [-0.15, -0.1) is 45.3 Å². The maximum Gasteiger partial charge on any atom is 0.0476 e. The standard InChI is InChI=1S/C66H38N2S4/c1-3-13-43(14-4-1)67(45-23-29-59-57(35-45)53-25-19-39-11-7-9-17-49(39)65(53)71-59)47-21-27-51-55-31-41-32-56-52-28-22-48(38-64(52)70-62(56)34-42(41)33-61(55)69-63(51)37-47)68(44-15-5-2-6-16-44)46-24-30-60-58(36-46)54-26-20-40-12-8-10-18-50(40)66(54)72-60/h1-38H. The van der Waals surface area contributed by atoms with E-state index < -0.39 is 0 Å². The second kappa shape index (κ2) is 15.7. The van der Waals surface area contributed by atoms with Gasteiger partial charge in [0.2, 0.25) is 0 Å². The zero-order chi connectivity index (χ0) is 47.0. The number of hydrogen-bond acceptors (Lipinski definition) is 6. The first kappa shape index (κ1) is 40.6. The van der Waals surface area contributed by atoms with Crippen molar-refractivity contribution in [2.24, 2.45) is 0 Å². The van der Waals surface area contributed by atoms with Crippen LogP contribution < -0.4 is 9.80 Å². The summed E-state index contributed by atoms with van der Waals surface area (Å²) in [4.78, 5) is 4.83. The summed E-state index contributed by atoms with van der Waals surface area (Å²) in [7, 11) is 0. The number of para-hydroxylation sites is 2. The number of hydrogen-bond donors (Lipinski definition) is 0. The molecule has 16 aromatic rings. The highest BCUT2D eigenvalue weighted by Crippen LogP contribution is 2.48. The molecule has 0 N–H and O–H groups in total. The quantitative estimate of drug-likeness (QED) is 0.164. The van der Waals surface area contributed by atoms with Crippen molar-refractivity contribution in [3.63, 3.8) is 0 Å². The third-order valence-corrected chi connectivity index (χ3v) is 19.4. The van der Waals surface area contributed by atoms with Gasteiger partial charge in [-0.25, -0.2) is 0 Å². The van der Waals surface area contributed by atoms with Gasteiger partial charge in [0, 0.05) is 115 Å². The minimum absolute atomic E-state index is 1.14.